The zero-order valence-electron chi connectivity index (χ0n) is 17.6. The van der Waals surface area contributed by atoms with Crippen LogP contribution >= 0.6 is 11.3 Å². The van der Waals surface area contributed by atoms with Gasteiger partial charge in [0.1, 0.15) is 18.2 Å². The number of halogens is 1. The van der Waals surface area contributed by atoms with Gasteiger partial charge < -0.3 is 19.3 Å². The number of carbonyl (C=O) groups is 2. The van der Waals surface area contributed by atoms with Gasteiger partial charge in [-0.25, -0.2) is 4.39 Å². The molecule has 2 aromatic rings. The highest BCUT2D eigenvalue weighted by atomic mass is 32.1. The smallest absolute Gasteiger partial charge is 0.242 e. The van der Waals surface area contributed by atoms with Crippen molar-refractivity contribution in [3.05, 3.63) is 52.0 Å². The fourth-order valence-electron chi connectivity index (χ4n) is 4.17. The normalized spacial score (nSPS) is 20.4. The van der Waals surface area contributed by atoms with Crippen LogP contribution in [0.15, 0.2) is 35.7 Å². The molecule has 6 nitrogen and oxygen atoms in total. The molecule has 0 aliphatic carbocycles. The quantitative estimate of drug-likeness (QED) is 0.654. The molecule has 31 heavy (non-hydrogen) atoms. The molecule has 0 radical (unpaired) electrons. The Morgan fingerprint density at radius 1 is 1.29 bits per heavy atom. The van der Waals surface area contributed by atoms with Gasteiger partial charge in [0.05, 0.1) is 18.7 Å². The monoisotopic (exact) mass is 446 g/mol. The number of amides is 2. The lowest BCUT2D eigenvalue weighted by Crippen LogP contribution is -2.48. The summed E-state index contributed by atoms with van der Waals surface area (Å²) in [6, 6.07) is 7.66. The molecule has 1 aromatic heterocycles. The molecule has 4 rings (SSSR count). The van der Waals surface area contributed by atoms with Gasteiger partial charge in [-0.1, -0.05) is 0 Å². The summed E-state index contributed by atoms with van der Waals surface area (Å²) >= 11 is 1.68. The molecule has 2 aliphatic rings. The number of carbonyl (C=O) groups excluding carboxylic acids is 2. The van der Waals surface area contributed by atoms with Crippen molar-refractivity contribution in [1.29, 1.82) is 0 Å². The Hall–Kier alpha value is -2.45. The van der Waals surface area contributed by atoms with E-state index < -0.39 is 0 Å². The van der Waals surface area contributed by atoms with E-state index in [0.717, 1.165) is 24.8 Å². The first-order chi connectivity index (χ1) is 15.0. The molecule has 8 heteroatoms. The lowest BCUT2D eigenvalue weighted by Gasteiger charge is -2.37. The largest absolute Gasteiger partial charge is 0.491 e. The highest BCUT2D eigenvalue weighted by molar-refractivity contribution is 7.10. The summed E-state index contributed by atoms with van der Waals surface area (Å²) in [6.45, 7) is 3.52. The molecule has 1 aromatic carbocycles. The molecule has 2 atom stereocenters. The van der Waals surface area contributed by atoms with Crippen LogP contribution < -0.4 is 4.74 Å². The number of nitrogens with zero attached hydrogens (tertiary/aromatic N) is 2. The third-order valence-electron chi connectivity index (χ3n) is 5.86. The number of benzene rings is 1. The van der Waals surface area contributed by atoms with Crippen LogP contribution in [0.3, 0.4) is 0 Å². The molecular weight excluding hydrogens is 419 g/mol. The number of ether oxygens (including phenoxy) is 2. The van der Waals surface area contributed by atoms with Crippen molar-refractivity contribution in [2.75, 3.05) is 32.8 Å². The van der Waals surface area contributed by atoms with Gasteiger partial charge in [0.15, 0.2) is 0 Å². The van der Waals surface area contributed by atoms with Crippen LogP contribution in [0.2, 0.25) is 0 Å². The Labute approximate surface area is 185 Å². The first-order valence-corrected chi connectivity index (χ1v) is 11.5. The van der Waals surface area contributed by atoms with Crippen LogP contribution in [0.5, 0.6) is 5.75 Å². The topological polar surface area (TPSA) is 59.1 Å². The lowest BCUT2D eigenvalue weighted by atomic mass is 10.0. The average Bonchev–Trinajstić information content (AvgIpc) is 3.44. The van der Waals surface area contributed by atoms with Gasteiger partial charge in [0, 0.05) is 31.5 Å². The molecular formula is C23H27FN2O4S. The van der Waals surface area contributed by atoms with Gasteiger partial charge in [-0.15, -0.1) is 11.3 Å². The number of hydrogen-bond donors (Lipinski definition) is 0. The van der Waals surface area contributed by atoms with E-state index in [-0.39, 0.29) is 42.9 Å². The molecule has 2 aliphatic heterocycles. The maximum atomic E-state index is 13.3. The van der Waals surface area contributed by atoms with Gasteiger partial charge in [0.25, 0.3) is 0 Å². The maximum Gasteiger partial charge on any atom is 0.242 e. The van der Waals surface area contributed by atoms with Gasteiger partial charge >= 0.3 is 0 Å². The number of fused-ring (bicyclic) bond motifs is 1. The van der Waals surface area contributed by atoms with E-state index in [4.69, 9.17) is 9.47 Å². The van der Waals surface area contributed by atoms with E-state index in [1.54, 1.807) is 28.4 Å². The highest BCUT2D eigenvalue weighted by Gasteiger charge is 2.33. The van der Waals surface area contributed by atoms with Crippen molar-refractivity contribution < 1.29 is 23.5 Å². The molecule has 1 fully saturated rings. The summed E-state index contributed by atoms with van der Waals surface area (Å²) in [5, 5.41) is 2.03. The van der Waals surface area contributed by atoms with Crippen LogP contribution in [0, 0.1) is 5.82 Å². The van der Waals surface area contributed by atoms with E-state index in [2.05, 4.69) is 0 Å². The second-order valence-corrected chi connectivity index (χ2v) is 8.95. The first kappa shape index (κ1) is 21.8. The van der Waals surface area contributed by atoms with E-state index in [9.17, 15) is 14.0 Å². The standard InChI is InChI=1S/C23H27FN2O4S/c1-16(27)25(13-19-3-2-11-29-19)14-23(28)26-10-8-22-20(9-12-31-22)21(26)15-30-18-6-4-17(24)5-7-18/h4-7,9,12,19,21H,2-3,8,10-11,13-15H2,1H3/t19-,21+/m0/s1. The third kappa shape index (κ3) is 5.25. The average molecular weight is 447 g/mol. The molecule has 0 N–H and O–H groups in total. The SMILES string of the molecule is CC(=O)N(CC(=O)N1CCc2sccc2[C@H]1COc1ccc(F)cc1)C[C@@H]1CCCO1. The fraction of sp³-hybridized carbons (Fsp3) is 0.478. The molecule has 0 unspecified atom stereocenters. The van der Waals surface area contributed by atoms with E-state index in [1.807, 2.05) is 16.3 Å². The first-order valence-electron chi connectivity index (χ1n) is 10.6. The number of rotatable bonds is 7. The minimum atomic E-state index is -0.322. The van der Waals surface area contributed by atoms with Crippen molar-refractivity contribution in [3.8, 4) is 5.75 Å². The fourth-order valence-corrected chi connectivity index (χ4v) is 5.10. The molecule has 0 spiro atoms. The van der Waals surface area contributed by atoms with Crippen molar-refractivity contribution in [2.24, 2.45) is 0 Å². The molecule has 166 valence electrons. The lowest BCUT2D eigenvalue weighted by molar-refractivity contribution is -0.142. The predicted molar refractivity (Wildman–Crippen MR) is 116 cm³/mol. The van der Waals surface area contributed by atoms with E-state index >= 15 is 0 Å². The highest BCUT2D eigenvalue weighted by Crippen LogP contribution is 2.34. The molecule has 0 bridgehead atoms. The Morgan fingerprint density at radius 2 is 2.10 bits per heavy atom. The van der Waals surface area contributed by atoms with Crippen LogP contribution in [0.4, 0.5) is 4.39 Å². The second kappa shape index (κ2) is 9.78. The van der Waals surface area contributed by atoms with Crippen molar-refractivity contribution in [3.63, 3.8) is 0 Å². The van der Waals surface area contributed by atoms with Crippen LogP contribution in [-0.4, -0.2) is 60.6 Å². The summed E-state index contributed by atoms with van der Waals surface area (Å²) in [7, 11) is 0. The zero-order valence-corrected chi connectivity index (χ0v) is 18.4. The minimum absolute atomic E-state index is 0.000798. The Balaban J connectivity index is 1.46. The number of thiophene rings is 1. The zero-order chi connectivity index (χ0) is 21.8. The maximum absolute atomic E-state index is 13.3. The van der Waals surface area contributed by atoms with E-state index in [1.165, 1.54) is 23.9 Å². The van der Waals surface area contributed by atoms with Crippen molar-refractivity contribution >= 4 is 23.2 Å². The summed E-state index contributed by atoms with van der Waals surface area (Å²) in [4.78, 5) is 30.1. The Kier molecular flexibility index (Phi) is 6.87. The van der Waals surface area contributed by atoms with Crippen LogP contribution in [-0.2, 0) is 20.7 Å². The third-order valence-corrected chi connectivity index (χ3v) is 6.85. The summed E-state index contributed by atoms with van der Waals surface area (Å²) in [5.74, 6) is 0.00588. The van der Waals surface area contributed by atoms with Crippen molar-refractivity contribution in [2.45, 2.75) is 38.3 Å². The summed E-state index contributed by atoms with van der Waals surface area (Å²) in [5.41, 5.74) is 1.08. The van der Waals surface area contributed by atoms with Crippen LogP contribution in [0.1, 0.15) is 36.2 Å². The molecule has 3 heterocycles. The van der Waals surface area contributed by atoms with Gasteiger partial charge in [0.2, 0.25) is 11.8 Å². The predicted octanol–water partition coefficient (Wildman–Crippen LogP) is 3.42. The van der Waals surface area contributed by atoms with Crippen LogP contribution in [0.25, 0.3) is 0 Å². The Bertz CT molecular complexity index is 911. The van der Waals surface area contributed by atoms with E-state index in [0.29, 0.717) is 25.4 Å². The Morgan fingerprint density at radius 3 is 2.81 bits per heavy atom. The van der Waals surface area contributed by atoms with Gasteiger partial charge in [-0.3, -0.25) is 9.59 Å². The summed E-state index contributed by atoms with van der Waals surface area (Å²) in [6.07, 6.45) is 2.69. The minimum Gasteiger partial charge on any atom is -0.491 e. The number of hydrogen-bond acceptors (Lipinski definition) is 5. The van der Waals surface area contributed by atoms with Crippen molar-refractivity contribution in [1.82, 2.24) is 9.80 Å². The second-order valence-electron chi connectivity index (χ2n) is 7.95. The summed E-state index contributed by atoms with van der Waals surface area (Å²) < 4.78 is 24.7. The van der Waals surface area contributed by atoms with Gasteiger partial charge in [-0.2, -0.15) is 0 Å². The van der Waals surface area contributed by atoms with Gasteiger partial charge in [-0.05, 0) is 60.5 Å². The molecule has 2 amide bonds. The molecule has 0 saturated carbocycles. The molecule has 1 saturated heterocycles.